The Labute approximate surface area is 182 Å². The van der Waals surface area contributed by atoms with Crippen molar-refractivity contribution in [2.75, 3.05) is 42.5 Å². The number of amides is 2. The maximum atomic E-state index is 13.0. The van der Waals surface area contributed by atoms with Crippen LogP contribution in [0.2, 0.25) is 0 Å². The summed E-state index contributed by atoms with van der Waals surface area (Å²) in [5.41, 5.74) is 3.97. The molecule has 0 N–H and O–H groups in total. The molecule has 0 spiro atoms. The number of hydrogen-bond donors (Lipinski definition) is 0. The van der Waals surface area contributed by atoms with Gasteiger partial charge < -0.3 is 14.5 Å². The van der Waals surface area contributed by atoms with Gasteiger partial charge >= 0.3 is 6.09 Å². The van der Waals surface area contributed by atoms with Gasteiger partial charge in [0.15, 0.2) is 0 Å². The summed E-state index contributed by atoms with van der Waals surface area (Å²) in [6.07, 6.45) is 4.13. The highest BCUT2D eigenvalue weighted by Gasteiger charge is 2.30. The molecule has 2 aromatic rings. The molecule has 1 atom stereocenters. The SMILES string of the molecule is Cc1cc(C2CC2)cnc1N1CCN(C(=O)c2ccc(N3C[C@H](C)OC3=O)cc2)CC1. The molecule has 1 aromatic carbocycles. The number of anilines is 2. The van der Waals surface area contributed by atoms with Crippen molar-refractivity contribution in [1.82, 2.24) is 9.88 Å². The molecule has 0 bridgehead atoms. The van der Waals surface area contributed by atoms with E-state index in [0.29, 0.717) is 31.1 Å². The lowest BCUT2D eigenvalue weighted by molar-refractivity contribution is 0.0746. The second-order valence-corrected chi connectivity index (χ2v) is 8.81. The zero-order chi connectivity index (χ0) is 21.5. The van der Waals surface area contributed by atoms with Crippen molar-refractivity contribution in [3.63, 3.8) is 0 Å². The molecule has 7 nitrogen and oxygen atoms in total. The Kier molecular flexibility index (Phi) is 5.04. The predicted molar refractivity (Wildman–Crippen MR) is 119 cm³/mol. The minimum Gasteiger partial charge on any atom is -0.444 e. The summed E-state index contributed by atoms with van der Waals surface area (Å²) in [6, 6.07) is 9.50. The number of cyclic esters (lactones) is 1. The monoisotopic (exact) mass is 420 g/mol. The quantitative estimate of drug-likeness (QED) is 0.757. The van der Waals surface area contributed by atoms with Gasteiger partial charge in [0.05, 0.1) is 6.54 Å². The molecule has 3 heterocycles. The molecule has 3 aliphatic rings. The third-order valence-electron chi connectivity index (χ3n) is 6.37. The highest BCUT2D eigenvalue weighted by atomic mass is 16.6. The number of carbonyl (C=O) groups excluding carboxylic acids is 2. The minimum absolute atomic E-state index is 0.0253. The number of rotatable bonds is 4. The van der Waals surface area contributed by atoms with Crippen molar-refractivity contribution in [1.29, 1.82) is 0 Å². The van der Waals surface area contributed by atoms with Crippen LogP contribution in [-0.4, -0.2) is 60.7 Å². The topological polar surface area (TPSA) is 66.0 Å². The van der Waals surface area contributed by atoms with Gasteiger partial charge in [-0.1, -0.05) is 6.07 Å². The van der Waals surface area contributed by atoms with Gasteiger partial charge in [-0.05, 0) is 68.0 Å². The normalized spacial score (nSPS) is 21.4. The number of piperazine rings is 1. The summed E-state index contributed by atoms with van der Waals surface area (Å²) in [6.45, 7) is 7.42. The molecular weight excluding hydrogens is 392 g/mol. The van der Waals surface area contributed by atoms with Crippen molar-refractivity contribution in [3.05, 3.63) is 53.2 Å². The van der Waals surface area contributed by atoms with Gasteiger partial charge in [0.1, 0.15) is 11.9 Å². The van der Waals surface area contributed by atoms with Crippen LogP contribution in [0.15, 0.2) is 36.5 Å². The number of carbonyl (C=O) groups is 2. The van der Waals surface area contributed by atoms with Crippen LogP contribution in [0.5, 0.6) is 0 Å². The maximum Gasteiger partial charge on any atom is 0.414 e. The Bertz CT molecular complexity index is 994. The first kappa shape index (κ1) is 19.8. The number of aromatic nitrogens is 1. The second-order valence-electron chi connectivity index (χ2n) is 8.81. The van der Waals surface area contributed by atoms with Crippen LogP contribution >= 0.6 is 0 Å². The fraction of sp³-hybridized carbons (Fsp3) is 0.458. The lowest BCUT2D eigenvalue weighted by Crippen LogP contribution is -2.49. The molecule has 162 valence electrons. The number of hydrogen-bond acceptors (Lipinski definition) is 5. The molecule has 1 saturated carbocycles. The largest absolute Gasteiger partial charge is 0.444 e. The lowest BCUT2D eigenvalue weighted by atomic mass is 10.1. The maximum absolute atomic E-state index is 13.0. The first-order valence-electron chi connectivity index (χ1n) is 11.1. The van der Waals surface area contributed by atoms with E-state index in [4.69, 9.17) is 9.72 Å². The fourth-order valence-electron chi connectivity index (χ4n) is 4.46. The molecule has 0 unspecified atom stereocenters. The third-order valence-corrected chi connectivity index (χ3v) is 6.37. The molecule has 1 aromatic heterocycles. The van der Waals surface area contributed by atoms with E-state index in [1.165, 1.54) is 24.0 Å². The van der Waals surface area contributed by atoms with Crippen LogP contribution in [-0.2, 0) is 4.74 Å². The molecule has 5 rings (SSSR count). The van der Waals surface area contributed by atoms with Gasteiger partial charge in [0.2, 0.25) is 0 Å². The molecule has 2 saturated heterocycles. The summed E-state index contributed by atoms with van der Waals surface area (Å²) in [7, 11) is 0. The van der Waals surface area contributed by atoms with Crippen molar-refractivity contribution in [2.24, 2.45) is 0 Å². The lowest BCUT2D eigenvalue weighted by Gasteiger charge is -2.36. The molecule has 1 aliphatic carbocycles. The van der Waals surface area contributed by atoms with Crippen molar-refractivity contribution in [3.8, 4) is 0 Å². The Balaban J connectivity index is 1.20. The van der Waals surface area contributed by atoms with Gasteiger partial charge in [-0.25, -0.2) is 9.78 Å². The van der Waals surface area contributed by atoms with Gasteiger partial charge in [-0.3, -0.25) is 9.69 Å². The Morgan fingerprint density at radius 2 is 1.81 bits per heavy atom. The third kappa shape index (κ3) is 3.96. The standard InChI is InChI=1S/C24H28N4O3/c1-16-13-20(18-3-4-18)14-25-22(16)26-9-11-27(12-10-26)23(29)19-5-7-21(8-6-19)28-15-17(2)31-24(28)30/h5-8,13-14,17-18H,3-4,9-12,15H2,1-2H3/t17-/m0/s1. The van der Waals surface area contributed by atoms with E-state index in [-0.39, 0.29) is 18.1 Å². The predicted octanol–water partition coefficient (Wildman–Crippen LogP) is 3.57. The summed E-state index contributed by atoms with van der Waals surface area (Å²) >= 11 is 0. The zero-order valence-corrected chi connectivity index (χ0v) is 18.1. The number of nitrogens with zero attached hydrogens (tertiary/aromatic N) is 4. The van der Waals surface area contributed by atoms with Crippen LogP contribution in [0.1, 0.15) is 47.2 Å². The van der Waals surface area contributed by atoms with E-state index in [1.807, 2.05) is 30.2 Å². The van der Waals surface area contributed by atoms with Gasteiger partial charge in [0.25, 0.3) is 5.91 Å². The highest BCUT2D eigenvalue weighted by Crippen LogP contribution is 2.40. The number of aryl methyl sites for hydroxylation is 1. The summed E-state index contributed by atoms with van der Waals surface area (Å²) in [5.74, 6) is 1.77. The number of benzene rings is 1. The first-order chi connectivity index (χ1) is 15.0. The van der Waals surface area contributed by atoms with E-state index >= 15 is 0 Å². The van der Waals surface area contributed by atoms with Crippen LogP contribution in [0.4, 0.5) is 16.3 Å². The number of pyridine rings is 1. The van der Waals surface area contributed by atoms with Crippen LogP contribution in [0.3, 0.4) is 0 Å². The highest BCUT2D eigenvalue weighted by molar-refractivity contribution is 5.96. The Hall–Kier alpha value is -3.09. The van der Waals surface area contributed by atoms with E-state index in [2.05, 4.69) is 17.9 Å². The molecule has 3 fully saturated rings. The van der Waals surface area contributed by atoms with E-state index in [1.54, 1.807) is 17.0 Å². The van der Waals surface area contributed by atoms with E-state index in [0.717, 1.165) is 24.6 Å². The van der Waals surface area contributed by atoms with Crippen LogP contribution in [0.25, 0.3) is 0 Å². The van der Waals surface area contributed by atoms with Crippen LogP contribution in [0, 0.1) is 6.92 Å². The van der Waals surface area contributed by atoms with E-state index in [9.17, 15) is 9.59 Å². The molecule has 0 radical (unpaired) electrons. The Morgan fingerprint density at radius 3 is 2.39 bits per heavy atom. The Morgan fingerprint density at radius 1 is 1.10 bits per heavy atom. The smallest absolute Gasteiger partial charge is 0.414 e. The zero-order valence-electron chi connectivity index (χ0n) is 18.1. The van der Waals surface area contributed by atoms with Crippen molar-refractivity contribution < 1.29 is 14.3 Å². The minimum atomic E-state index is -0.336. The number of ether oxygens (including phenoxy) is 1. The summed E-state index contributed by atoms with van der Waals surface area (Å²) in [4.78, 5) is 35.4. The van der Waals surface area contributed by atoms with Crippen molar-refractivity contribution >= 4 is 23.5 Å². The molecule has 2 aliphatic heterocycles. The van der Waals surface area contributed by atoms with Crippen molar-refractivity contribution in [2.45, 2.75) is 38.7 Å². The van der Waals surface area contributed by atoms with Gasteiger partial charge in [-0.15, -0.1) is 0 Å². The molecular formula is C24H28N4O3. The van der Waals surface area contributed by atoms with Gasteiger partial charge in [0, 0.05) is 43.6 Å². The first-order valence-corrected chi connectivity index (χ1v) is 11.1. The molecule has 7 heteroatoms. The second kappa shape index (κ2) is 7.87. The van der Waals surface area contributed by atoms with Gasteiger partial charge in [-0.2, -0.15) is 0 Å². The van der Waals surface area contributed by atoms with E-state index < -0.39 is 0 Å². The fourth-order valence-corrected chi connectivity index (χ4v) is 4.46. The average molecular weight is 421 g/mol. The molecule has 2 amide bonds. The van der Waals surface area contributed by atoms with Crippen LogP contribution < -0.4 is 9.80 Å². The average Bonchev–Trinajstić information content (AvgIpc) is 3.57. The molecule has 31 heavy (non-hydrogen) atoms. The summed E-state index contributed by atoms with van der Waals surface area (Å²) < 4.78 is 5.18. The summed E-state index contributed by atoms with van der Waals surface area (Å²) in [5, 5.41) is 0.